The highest BCUT2D eigenvalue weighted by Gasteiger charge is 2.21. The monoisotopic (exact) mass is 436 g/mol. The van der Waals surface area contributed by atoms with Crippen LogP contribution >= 0.6 is 0 Å². The zero-order valence-corrected chi connectivity index (χ0v) is 20.6. The van der Waals surface area contributed by atoms with Crippen molar-refractivity contribution in [1.82, 2.24) is 19.9 Å². The van der Waals surface area contributed by atoms with E-state index in [0.717, 1.165) is 50.4 Å². The molecule has 4 heteroatoms. The number of hydrogen-bond donors (Lipinski definition) is 2. The van der Waals surface area contributed by atoms with E-state index in [1.54, 1.807) is 0 Å². The summed E-state index contributed by atoms with van der Waals surface area (Å²) in [5.41, 5.74) is 10.3. The molecule has 0 spiro atoms. The summed E-state index contributed by atoms with van der Waals surface area (Å²) in [6.07, 6.45) is 0. The van der Waals surface area contributed by atoms with Gasteiger partial charge in [-0.15, -0.1) is 0 Å². The minimum absolute atomic E-state index is 0.0683. The van der Waals surface area contributed by atoms with E-state index in [9.17, 15) is 0 Å². The van der Waals surface area contributed by atoms with Crippen molar-refractivity contribution in [3.05, 3.63) is 71.5 Å². The first-order valence-electron chi connectivity index (χ1n) is 11.6. The van der Waals surface area contributed by atoms with Gasteiger partial charge in [0.15, 0.2) is 0 Å². The fourth-order valence-corrected chi connectivity index (χ4v) is 4.27. The lowest BCUT2D eigenvalue weighted by atomic mass is 9.79. The first-order chi connectivity index (χ1) is 15.5. The van der Waals surface area contributed by atoms with Crippen LogP contribution in [0.2, 0.25) is 0 Å². The van der Waals surface area contributed by atoms with E-state index in [1.165, 1.54) is 11.1 Å². The smallest absolute Gasteiger partial charge is 0.138 e. The van der Waals surface area contributed by atoms with Crippen molar-refractivity contribution >= 4 is 22.1 Å². The summed E-state index contributed by atoms with van der Waals surface area (Å²) >= 11 is 0. The van der Waals surface area contributed by atoms with Gasteiger partial charge < -0.3 is 9.97 Å². The highest BCUT2D eigenvalue weighted by Crippen LogP contribution is 2.34. The fourth-order valence-electron chi connectivity index (χ4n) is 4.27. The SMILES string of the molecule is Cc1nc2ccc(-c3ccc4nc(-c5cc(C(C)(C)C)cc(C(C)(C)C)c5)[nH]c4c3)cc2[nH]1. The molecule has 0 aliphatic heterocycles. The molecule has 3 aromatic carbocycles. The molecule has 2 heterocycles. The lowest BCUT2D eigenvalue weighted by molar-refractivity contribution is 0.569. The van der Waals surface area contributed by atoms with Gasteiger partial charge in [-0.05, 0) is 76.4 Å². The Bertz CT molecular complexity index is 1450. The maximum atomic E-state index is 4.95. The second-order valence-electron chi connectivity index (χ2n) is 11.2. The predicted octanol–water partition coefficient (Wildman–Crippen LogP) is 7.68. The van der Waals surface area contributed by atoms with Crippen molar-refractivity contribution in [1.29, 1.82) is 0 Å². The summed E-state index contributed by atoms with van der Waals surface area (Å²) in [6, 6.07) is 19.7. The molecule has 5 aromatic rings. The molecule has 168 valence electrons. The zero-order chi connectivity index (χ0) is 23.5. The number of fused-ring (bicyclic) bond motifs is 2. The standard InChI is InChI=1S/C29H32N4/c1-17-30-23-10-8-18(14-25(23)31-17)19-9-11-24-26(15-19)33-27(32-24)20-12-21(28(2,3)4)16-22(13-20)29(5,6)7/h8-16H,1-7H3,(H,30,31)(H,32,33). The summed E-state index contributed by atoms with van der Waals surface area (Å²) in [5, 5.41) is 0. The van der Waals surface area contributed by atoms with E-state index >= 15 is 0 Å². The third-order valence-electron chi connectivity index (χ3n) is 6.35. The minimum atomic E-state index is 0.0683. The molecule has 0 amide bonds. The molecule has 0 aliphatic carbocycles. The molecule has 0 radical (unpaired) electrons. The topological polar surface area (TPSA) is 57.4 Å². The average Bonchev–Trinajstić information content (AvgIpc) is 3.33. The number of aryl methyl sites for hydroxylation is 1. The van der Waals surface area contributed by atoms with E-state index < -0.39 is 0 Å². The molecule has 33 heavy (non-hydrogen) atoms. The molecule has 0 atom stereocenters. The summed E-state index contributed by atoms with van der Waals surface area (Å²) in [5.74, 6) is 1.85. The molecular formula is C29H32N4. The highest BCUT2D eigenvalue weighted by atomic mass is 14.9. The molecule has 2 N–H and O–H groups in total. The van der Waals surface area contributed by atoms with Crippen LogP contribution in [0.1, 0.15) is 58.5 Å². The Kier molecular flexibility index (Phi) is 4.75. The van der Waals surface area contributed by atoms with Crippen molar-refractivity contribution in [3.8, 4) is 22.5 Å². The van der Waals surface area contributed by atoms with Gasteiger partial charge in [0.05, 0.1) is 22.1 Å². The Morgan fingerprint density at radius 3 is 1.64 bits per heavy atom. The number of nitrogens with zero attached hydrogens (tertiary/aromatic N) is 2. The van der Waals surface area contributed by atoms with Crippen molar-refractivity contribution in [3.63, 3.8) is 0 Å². The largest absolute Gasteiger partial charge is 0.342 e. The van der Waals surface area contributed by atoms with Crippen LogP contribution in [-0.2, 0) is 10.8 Å². The van der Waals surface area contributed by atoms with Gasteiger partial charge in [0.25, 0.3) is 0 Å². The van der Waals surface area contributed by atoms with E-state index in [0.29, 0.717) is 0 Å². The summed E-state index contributed by atoms with van der Waals surface area (Å²) in [7, 11) is 0. The van der Waals surface area contributed by atoms with Crippen LogP contribution in [0.3, 0.4) is 0 Å². The quantitative estimate of drug-likeness (QED) is 0.298. The Morgan fingerprint density at radius 2 is 1.09 bits per heavy atom. The van der Waals surface area contributed by atoms with E-state index in [-0.39, 0.29) is 10.8 Å². The van der Waals surface area contributed by atoms with Crippen LogP contribution in [0.4, 0.5) is 0 Å². The molecule has 0 unspecified atom stereocenters. The summed E-state index contributed by atoms with van der Waals surface area (Å²) < 4.78 is 0. The van der Waals surface area contributed by atoms with Crippen molar-refractivity contribution in [2.24, 2.45) is 0 Å². The third kappa shape index (κ3) is 4.06. The molecule has 0 saturated heterocycles. The van der Waals surface area contributed by atoms with Gasteiger partial charge in [-0.2, -0.15) is 0 Å². The third-order valence-corrected chi connectivity index (χ3v) is 6.35. The Labute approximate surface area is 195 Å². The van der Waals surface area contributed by atoms with Crippen LogP contribution < -0.4 is 0 Å². The van der Waals surface area contributed by atoms with Crippen LogP contribution in [-0.4, -0.2) is 19.9 Å². The lowest BCUT2D eigenvalue weighted by Gasteiger charge is -2.26. The number of hydrogen-bond acceptors (Lipinski definition) is 2. The molecule has 0 aliphatic rings. The molecule has 4 nitrogen and oxygen atoms in total. The van der Waals surface area contributed by atoms with Gasteiger partial charge in [-0.25, -0.2) is 9.97 Å². The van der Waals surface area contributed by atoms with Crippen LogP contribution in [0.15, 0.2) is 54.6 Å². The second kappa shape index (κ2) is 7.31. The summed E-state index contributed by atoms with van der Waals surface area (Å²) in [4.78, 5) is 16.4. The highest BCUT2D eigenvalue weighted by molar-refractivity contribution is 5.87. The minimum Gasteiger partial charge on any atom is -0.342 e. The van der Waals surface area contributed by atoms with Crippen molar-refractivity contribution in [2.75, 3.05) is 0 Å². The van der Waals surface area contributed by atoms with Gasteiger partial charge >= 0.3 is 0 Å². The van der Waals surface area contributed by atoms with Gasteiger partial charge in [0.1, 0.15) is 11.6 Å². The van der Waals surface area contributed by atoms with Crippen molar-refractivity contribution in [2.45, 2.75) is 59.3 Å². The number of H-pyrrole nitrogens is 2. The van der Waals surface area contributed by atoms with E-state index in [4.69, 9.17) is 4.98 Å². The number of aromatic amines is 2. The molecule has 0 bridgehead atoms. The number of imidazole rings is 2. The van der Waals surface area contributed by atoms with Crippen LogP contribution in [0, 0.1) is 6.92 Å². The Morgan fingerprint density at radius 1 is 0.576 bits per heavy atom. The zero-order valence-electron chi connectivity index (χ0n) is 20.6. The van der Waals surface area contributed by atoms with Crippen LogP contribution in [0.25, 0.3) is 44.6 Å². The maximum absolute atomic E-state index is 4.95. The molecular weight excluding hydrogens is 404 g/mol. The van der Waals surface area contributed by atoms with Crippen LogP contribution in [0.5, 0.6) is 0 Å². The predicted molar refractivity (Wildman–Crippen MR) is 139 cm³/mol. The number of rotatable bonds is 2. The molecule has 5 rings (SSSR count). The van der Waals surface area contributed by atoms with E-state index in [2.05, 4.69) is 111 Å². The van der Waals surface area contributed by atoms with Gasteiger partial charge in [0.2, 0.25) is 0 Å². The Hall–Kier alpha value is -3.40. The fraction of sp³-hybridized carbons (Fsp3) is 0.310. The van der Waals surface area contributed by atoms with E-state index in [1.807, 2.05) is 6.92 Å². The number of aromatic nitrogens is 4. The average molecular weight is 437 g/mol. The molecule has 0 fully saturated rings. The first kappa shape index (κ1) is 21.4. The normalized spacial score (nSPS) is 12.7. The Balaban J connectivity index is 1.60. The second-order valence-corrected chi connectivity index (χ2v) is 11.2. The summed E-state index contributed by atoms with van der Waals surface area (Å²) in [6.45, 7) is 15.6. The van der Waals surface area contributed by atoms with Crippen molar-refractivity contribution < 1.29 is 0 Å². The molecule has 0 saturated carbocycles. The van der Waals surface area contributed by atoms with Gasteiger partial charge in [0, 0.05) is 5.56 Å². The molecule has 2 aromatic heterocycles. The first-order valence-corrected chi connectivity index (χ1v) is 11.6. The number of benzene rings is 3. The van der Waals surface area contributed by atoms with Gasteiger partial charge in [-0.3, -0.25) is 0 Å². The number of nitrogens with one attached hydrogen (secondary N) is 2. The maximum Gasteiger partial charge on any atom is 0.138 e. The lowest BCUT2D eigenvalue weighted by Crippen LogP contribution is -2.16. The van der Waals surface area contributed by atoms with Gasteiger partial charge in [-0.1, -0.05) is 59.7 Å².